The Bertz CT molecular complexity index is 3410. The summed E-state index contributed by atoms with van der Waals surface area (Å²) in [6, 6.07) is -3.08. The lowest BCUT2D eigenvalue weighted by atomic mass is 9.96. The molecule has 38 N–H and O–H groups in total. The van der Waals surface area contributed by atoms with Gasteiger partial charge in [0, 0.05) is 59.0 Å². The molecule has 43 heteroatoms. The molecular weight excluding hydrogens is 1450 g/mol. The van der Waals surface area contributed by atoms with E-state index in [1.807, 2.05) is 0 Å². The van der Waals surface area contributed by atoms with Crippen molar-refractivity contribution < 1.29 is 63.0 Å². The van der Waals surface area contributed by atoms with Gasteiger partial charge >= 0.3 is 0 Å². The lowest BCUT2D eigenvalue weighted by Gasteiger charge is -2.30. The predicted octanol–water partition coefficient (Wildman–Crippen LogP) is -6.38. The van der Waals surface area contributed by atoms with Crippen LogP contribution < -0.4 is 125 Å². The van der Waals surface area contributed by atoms with E-state index in [9.17, 15) is 53.4 Å². The molecule has 612 valence electrons. The highest BCUT2D eigenvalue weighted by Crippen LogP contribution is 2.17. The number of hydrogen-bond acceptors (Lipinski definition) is 20. The van der Waals surface area contributed by atoms with E-state index in [1.54, 1.807) is 20.1 Å². The highest BCUT2D eigenvalue weighted by Gasteiger charge is 2.37. The minimum atomic E-state index is -1.58. The van der Waals surface area contributed by atoms with Crippen molar-refractivity contribution in [2.75, 3.05) is 51.3 Å². The lowest BCUT2D eigenvalue weighted by molar-refractivity contribution is -0.136. The Kier molecular flexibility index (Phi) is 44.1. The van der Waals surface area contributed by atoms with E-state index in [0.717, 1.165) is 0 Å². The van der Waals surface area contributed by atoms with E-state index < -0.39 is 143 Å². The number of phenolic OH excluding ortho intramolecular Hbond substituents is 2. The first-order valence-corrected chi connectivity index (χ1v) is 37.2. The molecule has 2 aromatic rings. The third kappa shape index (κ3) is 39.7. The number of nitrogens with two attached hydrogens (primary N) is 7. The van der Waals surface area contributed by atoms with Crippen LogP contribution in [0.25, 0.3) is 0 Å². The number of aromatic hydroxyl groups is 2. The number of rotatable bonds is 53. The summed E-state index contributed by atoms with van der Waals surface area (Å²) in [6.07, 6.45) is 1.64. The highest BCUT2D eigenvalue weighted by molar-refractivity contribution is 7.98. The Labute approximate surface area is 642 Å². The van der Waals surface area contributed by atoms with Crippen LogP contribution in [0.2, 0.25) is 0 Å². The van der Waals surface area contributed by atoms with Crippen molar-refractivity contribution in [3.8, 4) is 11.5 Å². The summed E-state index contributed by atoms with van der Waals surface area (Å²) in [5.41, 5.74) is 39.4. The van der Waals surface area contributed by atoms with Crippen LogP contribution in [0.15, 0.2) is 48.5 Å². The van der Waals surface area contributed by atoms with Crippen LogP contribution in [-0.2, 0) is 65.6 Å². The van der Waals surface area contributed by atoms with Crippen LogP contribution in [0.3, 0.4) is 0 Å². The number of hydrogen-bond donors (Lipinski definition) is 31. The molecule has 0 saturated heterocycles. The first kappa shape index (κ1) is 94.3. The van der Waals surface area contributed by atoms with Crippen molar-refractivity contribution in [1.29, 1.82) is 32.5 Å². The molecule has 0 bridgehead atoms. The fourth-order valence-corrected chi connectivity index (χ4v) is 11.3. The number of carbonyl (C=O) groups excluding carboxylic acids is 11. The average molecular weight is 1570 g/mol. The van der Waals surface area contributed by atoms with Crippen molar-refractivity contribution in [3.63, 3.8) is 0 Å². The molecule has 0 radical (unpaired) electrons. The molecule has 0 aliphatic rings. The summed E-state index contributed by atoms with van der Waals surface area (Å²) in [7, 11) is 0. The van der Waals surface area contributed by atoms with Crippen LogP contribution in [-0.4, -0.2) is 223 Å². The van der Waals surface area contributed by atoms with Gasteiger partial charge in [-0.05, 0) is 137 Å². The normalized spacial score (nSPS) is 13.8. The van der Waals surface area contributed by atoms with E-state index in [4.69, 9.17) is 72.6 Å². The molecule has 110 heavy (non-hydrogen) atoms. The molecule has 2 aromatic carbocycles. The molecule has 42 nitrogen and oxygen atoms in total. The SMILES string of the molecule is CC[C@@H](C)[C@@H](NC(=O)[C@@H](CCCNC(=N)N)NC(=O)[C@@H](CCCNC(=N)N)NC(=O)[C@@H](Cc1ccc(O)cc1)NC(=O)[C@@H](CCSC)NC(=O)[C@@H](CCCNC(=N)N)NC(=O)[C@@H](CCCNC(=N)N)NC(C)=O)C(=O)N[C@H](Cc1ccc(O)cc1)C(=O)N[C@H](CCCNC(=N)N)C(=O)N[C@H](CCCNC(=N)N)C(N)=O. The van der Waals surface area contributed by atoms with Gasteiger partial charge in [0.2, 0.25) is 65.0 Å². The zero-order valence-corrected chi connectivity index (χ0v) is 63.4. The molecule has 0 saturated carbocycles. The van der Waals surface area contributed by atoms with E-state index in [-0.39, 0.29) is 183 Å². The number of carbonyl (C=O) groups is 11. The molecule has 11 amide bonds. The van der Waals surface area contributed by atoms with Gasteiger partial charge in [-0.25, -0.2) is 0 Å². The lowest BCUT2D eigenvalue weighted by Crippen LogP contribution is -2.61. The summed E-state index contributed by atoms with van der Waals surface area (Å²) in [6.45, 7) is 5.00. The van der Waals surface area contributed by atoms with Gasteiger partial charge in [0.05, 0.1) is 0 Å². The Morgan fingerprint density at radius 2 is 0.591 bits per heavy atom. The molecule has 0 fully saturated rings. The number of guanidine groups is 6. The minimum absolute atomic E-state index is 0.000171. The topological polar surface area (TPSA) is 746 Å². The summed E-state index contributed by atoms with van der Waals surface area (Å²) in [5, 5.41) is 108. The van der Waals surface area contributed by atoms with Gasteiger partial charge in [0.15, 0.2) is 35.8 Å². The van der Waals surface area contributed by atoms with Gasteiger partial charge in [0.1, 0.15) is 71.9 Å². The predicted molar refractivity (Wildman–Crippen MR) is 415 cm³/mol. The molecule has 0 aromatic heterocycles. The Hall–Kier alpha value is -11.8. The quantitative estimate of drug-likeness (QED) is 0.0166. The summed E-state index contributed by atoms with van der Waals surface area (Å²) in [4.78, 5) is 157. The molecular formula is C67H115N29O13S. The van der Waals surface area contributed by atoms with Gasteiger partial charge in [-0.3, -0.25) is 85.2 Å². The number of thioether (sulfide) groups is 1. The summed E-state index contributed by atoms with van der Waals surface area (Å²) < 4.78 is 0. The van der Waals surface area contributed by atoms with Crippen LogP contribution in [0, 0.1) is 38.4 Å². The third-order valence-electron chi connectivity index (χ3n) is 16.9. The number of phenols is 2. The fraction of sp³-hybridized carbons (Fsp3) is 0.567. The van der Waals surface area contributed by atoms with Crippen LogP contribution in [0.4, 0.5) is 0 Å². The van der Waals surface area contributed by atoms with E-state index in [1.165, 1.54) is 67.2 Å². The zero-order valence-electron chi connectivity index (χ0n) is 62.6. The molecule has 11 atom stereocenters. The van der Waals surface area contributed by atoms with Gasteiger partial charge in [0.25, 0.3) is 0 Å². The first-order chi connectivity index (χ1) is 52.0. The smallest absolute Gasteiger partial charge is 0.243 e. The van der Waals surface area contributed by atoms with Crippen LogP contribution in [0.1, 0.15) is 122 Å². The fourth-order valence-electron chi connectivity index (χ4n) is 10.8. The average Bonchev–Trinajstić information content (AvgIpc) is 0.837. The zero-order chi connectivity index (χ0) is 82.4. The maximum absolute atomic E-state index is 15.0. The Morgan fingerprint density at radius 3 is 0.855 bits per heavy atom. The number of amides is 11. The first-order valence-electron chi connectivity index (χ1n) is 35.9. The van der Waals surface area contributed by atoms with Crippen molar-refractivity contribution in [1.82, 2.24) is 85.1 Å². The van der Waals surface area contributed by atoms with E-state index >= 15 is 9.59 Å². The van der Waals surface area contributed by atoms with E-state index in [0.29, 0.717) is 11.1 Å². The van der Waals surface area contributed by atoms with Gasteiger partial charge in [-0.15, -0.1) is 0 Å². The monoisotopic (exact) mass is 1570 g/mol. The second-order valence-corrected chi connectivity index (χ2v) is 26.9. The maximum Gasteiger partial charge on any atom is 0.243 e. The number of benzene rings is 2. The molecule has 0 aliphatic carbocycles. The van der Waals surface area contributed by atoms with Crippen LogP contribution >= 0.6 is 11.8 Å². The minimum Gasteiger partial charge on any atom is -0.508 e. The van der Waals surface area contributed by atoms with Crippen LogP contribution in [0.5, 0.6) is 11.5 Å². The Morgan fingerprint density at radius 1 is 0.355 bits per heavy atom. The molecule has 2 rings (SSSR count). The summed E-state index contributed by atoms with van der Waals surface area (Å²) >= 11 is 1.31. The number of primary amides is 1. The van der Waals surface area contributed by atoms with Crippen molar-refractivity contribution in [2.24, 2.45) is 46.1 Å². The molecule has 0 spiro atoms. The van der Waals surface area contributed by atoms with Gasteiger partial charge in [-0.2, -0.15) is 11.8 Å². The Balaban J connectivity index is 2.75. The van der Waals surface area contributed by atoms with Gasteiger partial charge in [-0.1, -0.05) is 44.5 Å². The van der Waals surface area contributed by atoms with E-state index in [2.05, 4.69) is 85.1 Å². The van der Waals surface area contributed by atoms with Gasteiger partial charge < -0.3 is 135 Å². The second-order valence-electron chi connectivity index (χ2n) is 25.9. The van der Waals surface area contributed by atoms with Crippen molar-refractivity contribution >= 4 is 112 Å². The standard InChI is InChI=1S/C67H115N29O13S/c1-5-36(2)51(61(109)95-50(35-39-20-24-41(99)25-21-39)60(108)91-44(14-8-29-83-64(73)74)54(102)88-42(52(68)100)12-6-27-81-62(69)70)96-58(106)47(17-11-32-86-67(79)80)90-55(103)46(16-10-31-85-66(77)78)92-59(107)49(34-38-18-22-40(98)23-19-38)94-57(105)48(26-33-110-4)93-56(104)45(15-9-30-84-65(75)76)89-53(101)43(87-37(3)97)13-7-28-82-63(71)72/h18-25,36,42-51,98-99H,5-17,26-35H2,1-4H3,(H2,68,100)(H,87,97)(H,88,102)(H,89,101)(H,90,103)(H,91,108)(H,92,107)(H,93,104)(H,94,105)(H,95,109)(H,96,106)(H4,69,70,81)(H4,71,72,82)(H4,73,74,83)(H4,75,76,84)(H4,77,78,85)(H4,79,80,86)/t36-,42-,43-,44-,45-,46-,47-,48-,49-,50-,51-/m1/s1. The second kappa shape index (κ2) is 51.5. The molecule has 0 aliphatic heterocycles. The van der Waals surface area contributed by atoms with Crippen molar-refractivity contribution in [2.45, 2.75) is 184 Å². The third-order valence-corrected chi connectivity index (χ3v) is 17.5. The van der Waals surface area contributed by atoms with Crippen molar-refractivity contribution in [3.05, 3.63) is 59.7 Å². The molecule has 0 heterocycles. The molecule has 0 unspecified atom stereocenters. The summed E-state index contributed by atoms with van der Waals surface area (Å²) in [5.74, 6) is -12.5. The highest BCUT2D eigenvalue weighted by atomic mass is 32.2. The number of nitrogens with one attached hydrogen (secondary N) is 22. The largest absolute Gasteiger partial charge is 0.508 e. The maximum atomic E-state index is 15.0.